The topological polar surface area (TPSA) is 45.6 Å². The van der Waals surface area contributed by atoms with Gasteiger partial charge in [0.25, 0.3) is 0 Å². The zero-order valence-corrected chi connectivity index (χ0v) is 14.9. The molecule has 0 unspecified atom stereocenters. The van der Waals surface area contributed by atoms with Crippen LogP contribution in [0.4, 0.5) is 0 Å². The van der Waals surface area contributed by atoms with Gasteiger partial charge in [-0.1, -0.05) is 18.6 Å². The maximum Gasteiger partial charge on any atom is 0.180 e. The summed E-state index contributed by atoms with van der Waals surface area (Å²) in [6.45, 7) is 4.17. The molecule has 4 nitrogen and oxygen atoms in total. The lowest BCUT2D eigenvalue weighted by molar-refractivity contribution is 0.220. The predicted molar refractivity (Wildman–Crippen MR) is 96.9 cm³/mol. The Bertz CT molecular complexity index is 462. The minimum absolute atomic E-state index is 0. The van der Waals surface area contributed by atoms with E-state index in [1.165, 1.54) is 37.9 Å². The molecule has 1 aromatic rings. The van der Waals surface area contributed by atoms with Crippen molar-refractivity contribution in [3.63, 3.8) is 0 Å². The fourth-order valence-electron chi connectivity index (χ4n) is 2.79. The quantitative estimate of drug-likeness (QED) is 0.436. The van der Waals surface area contributed by atoms with Gasteiger partial charge in [0.15, 0.2) is 5.90 Å². The van der Waals surface area contributed by atoms with Crippen LogP contribution in [-0.2, 0) is 11.3 Å². The van der Waals surface area contributed by atoms with Gasteiger partial charge < -0.3 is 9.47 Å². The number of hydrogen-bond donors (Lipinski definition) is 1. The third-order valence-electron chi connectivity index (χ3n) is 4.07. The molecule has 0 amide bonds. The zero-order chi connectivity index (χ0) is 15.6. The van der Waals surface area contributed by atoms with Gasteiger partial charge >= 0.3 is 0 Å². The van der Waals surface area contributed by atoms with Gasteiger partial charge in [0.1, 0.15) is 5.75 Å². The van der Waals surface area contributed by atoms with Crippen molar-refractivity contribution < 1.29 is 9.47 Å². The number of likely N-dealkylation sites (tertiary alicyclic amines) is 1. The number of nitrogens with one attached hydrogen (secondary N) is 1. The third kappa shape index (κ3) is 7.71. The molecular formula is C18H29ClN2O2. The normalized spacial score (nSPS) is 14.8. The number of methoxy groups -OCH3 is 1. The second kappa shape index (κ2) is 11.3. The van der Waals surface area contributed by atoms with E-state index in [-0.39, 0.29) is 12.4 Å². The van der Waals surface area contributed by atoms with Crippen molar-refractivity contribution in [1.29, 1.82) is 5.41 Å². The first-order chi connectivity index (χ1) is 10.8. The number of benzene rings is 1. The van der Waals surface area contributed by atoms with E-state index in [9.17, 15) is 0 Å². The Morgan fingerprint density at radius 2 is 1.96 bits per heavy atom. The van der Waals surface area contributed by atoms with Gasteiger partial charge in [0.05, 0.1) is 13.7 Å². The highest BCUT2D eigenvalue weighted by molar-refractivity contribution is 5.85. The highest BCUT2D eigenvalue weighted by Gasteiger charge is 2.10. The van der Waals surface area contributed by atoms with Crippen LogP contribution in [0.25, 0.3) is 0 Å². The number of halogens is 1. The first-order valence-corrected chi connectivity index (χ1v) is 8.33. The maximum absolute atomic E-state index is 7.42. The van der Waals surface area contributed by atoms with Crippen molar-refractivity contribution in [3.8, 4) is 5.75 Å². The van der Waals surface area contributed by atoms with Crippen LogP contribution in [0.5, 0.6) is 5.75 Å². The number of ether oxygens (including phenoxy) is 2. The first-order valence-electron chi connectivity index (χ1n) is 8.33. The van der Waals surface area contributed by atoms with E-state index in [0.717, 1.165) is 25.1 Å². The van der Waals surface area contributed by atoms with Crippen LogP contribution in [0.15, 0.2) is 24.3 Å². The summed E-state index contributed by atoms with van der Waals surface area (Å²) in [4.78, 5) is 2.53. The molecule has 1 fully saturated rings. The van der Waals surface area contributed by atoms with E-state index < -0.39 is 0 Å². The van der Waals surface area contributed by atoms with Gasteiger partial charge in [-0.25, -0.2) is 0 Å². The second-order valence-corrected chi connectivity index (χ2v) is 5.92. The van der Waals surface area contributed by atoms with Crippen molar-refractivity contribution in [1.82, 2.24) is 4.90 Å². The number of nitrogens with zero attached hydrogens (tertiary/aromatic N) is 1. The molecule has 2 rings (SSSR count). The molecule has 0 saturated carbocycles. The fourth-order valence-corrected chi connectivity index (χ4v) is 2.79. The van der Waals surface area contributed by atoms with Crippen molar-refractivity contribution in [3.05, 3.63) is 29.8 Å². The summed E-state index contributed by atoms with van der Waals surface area (Å²) >= 11 is 0. The molecule has 130 valence electrons. The third-order valence-corrected chi connectivity index (χ3v) is 4.07. The molecule has 1 aliphatic heterocycles. The summed E-state index contributed by atoms with van der Waals surface area (Å²) in [5.74, 6) is 1.31. The Morgan fingerprint density at radius 3 is 2.70 bits per heavy atom. The van der Waals surface area contributed by atoms with Crippen LogP contribution >= 0.6 is 12.4 Å². The lowest BCUT2D eigenvalue weighted by Crippen LogP contribution is -2.29. The fraction of sp³-hybridized carbons (Fsp3) is 0.611. The van der Waals surface area contributed by atoms with Crippen LogP contribution in [0.2, 0.25) is 0 Å². The summed E-state index contributed by atoms with van der Waals surface area (Å²) in [5.41, 5.74) is 1.33. The van der Waals surface area contributed by atoms with E-state index in [1.54, 1.807) is 7.11 Å². The average molecular weight is 341 g/mol. The Hall–Kier alpha value is -1.26. The van der Waals surface area contributed by atoms with Gasteiger partial charge in [0, 0.05) is 13.0 Å². The van der Waals surface area contributed by atoms with Gasteiger partial charge in [-0.3, -0.25) is 10.3 Å². The van der Waals surface area contributed by atoms with Crippen LogP contribution < -0.4 is 4.74 Å². The van der Waals surface area contributed by atoms with Crippen LogP contribution in [0, 0.1) is 5.41 Å². The van der Waals surface area contributed by atoms with Gasteiger partial charge in [-0.15, -0.1) is 12.4 Å². The highest BCUT2D eigenvalue weighted by Crippen LogP contribution is 2.18. The van der Waals surface area contributed by atoms with Crippen molar-refractivity contribution in [2.75, 3.05) is 26.8 Å². The Morgan fingerprint density at radius 1 is 1.17 bits per heavy atom. The predicted octanol–water partition coefficient (Wildman–Crippen LogP) is 4.27. The molecule has 0 atom stereocenters. The molecule has 23 heavy (non-hydrogen) atoms. The summed E-state index contributed by atoms with van der Waals surface area (Å²) in [6.07, 6.45) is 6.59. The largest absolute Gasteiger partial charge is 0.494 e. The average Bonchev–Trinajstić information content (AvgIpc) is 2.55. The van der Waals surface area contributed by atoms with E-state index in [1.807, 2.05) is 6.07 Å². The lowest BCUT2D eigenvalue weighted by Gasteiger charge is -2.26. The monoisotopic (exact) mass is 340 g/mol. The summed E-state index contributed by atoms with van der Waals surface area (Å²) in [7, 11) is 1.55. The minimum Gasteiger partial charge on any atom is -0.494 e. The van der Waals surface area contributed by atoms with Gasteiger partial charge in [-0.05, 0) is 56.5 Å². The zero-order valence-electron chi connectivity index (χ0n) is 14.1. The molecule has 0 radical (unpaired) electrons. The smallest absolute Gasteiger partial charge is 0.180 e. The second-order valence-electron chi connectivity index (χ2n) is 5.92. The van der Waals surface area contributed by atoms with E-state index >= 15 is 0 Å². The number of rotatable bonds is 8. The molecule has 1 saturated heterocycles. The molecule has 1 aliphatic rings. The van der Waals surface area contributed by atoms with Gasteiger partial charge in [0.2, 0.25) is 0 Å². The Balaban J connectivity index is 0.00000264. The van der Waals surface area contributed by atoms with Crippen LogP contribution in [0.3, 0.4) is 0 Å². The molecule has 1 aromatic carbocycles. The van der Waals surface area contributed by atoms with E-state index in [0.29, 0.717) is 18.9 Å². The summed E-state index contributed by atoms with van der Waals surface area (Å²) < 4.78 is 10.7. The maximum atomic E-state index is 7.42. The van der Waals surface area contributed by atoms with Crippen LogP contribution in [0.1, 0.15) is 44.1 Å². The number of unbranched alkanes of at least 4 members (excludes halogenated alkanes) is 1. The highest BCUT2D eigenvalue weighted by atomic mass is 35.5. The molecule has 0 bridgehead atoms. The number of piperidine rings is 1. The molecular weight excluding hydrogens is 312 g/mol. The molecule has 0 aromatic heterocycles. The summed E-state index contributed by atoms with van der Waals surface area (Å²) in [6, 6.07) is 8.44. The summed E-state index contributed by atoms with van der Waals surface area (Å²) in [5, 5.41) is 7.42. The number of hydrogen-bond acceptors (Lipinski definition) is 4. The first kappa shape index (κ1) is 19.8. The molecule has 0 spiro atoms. The van der Waals surface area contributed by atoms with Crippen molar-refractivity contribution in [2.45, 2.75) is 45.1 Å². The standard InChI is InChI=1S/C18H28N2O2.ClH/c1-21-18(19)10-3-6-13-22-17-9-7-8-16(14-17)15-20-11-4-2-5-12-20;/h7-9,14,19H,2-6,10-13,15H2,1H3;1H. The molecule has 0 aliphatic carbocycles. The van der Waals surface area contributed by atoms with E-state index in [2.05, 4.69) is 23.1 Å². The SMILES string of the molecule is COC(=N)CCCCOc1cccc(CN2CCCCC2)c1.Cl. The molecule has 1 heterocycles. The lowest BCUT2D eigenvalue weighted by atomic mass is 10.1. The Kier molecular flexibility index (Phi) is 9.72. The van der Waals surface area contributed by atoms with Gasteiger partial charge in [-0.2, -0.15) is 0 Å². The van der Waals surface area contributed by atoms with Crippen LogP contribution in [-0.4, -0.2) is 37.6 Å². The van der Waals surface area contributed by atoms with E-state index in [4.69, 9.17) is 14.9 Å². The Labute approximate surface area is 146 Å². The minimum atomic E-state index is 0. The molecule has 5 heteroatoms. The van der Waals surface area contributed by atoms with Crippen molar-refractivity contribution >= 4 is 18.3 Å². The molecule has 1 N–H and O–H groups in total. The van der Waals surface area contributed by atoms with Crippen molar-refractivity contribution in [2.24, 2.45) is 0 Å².